The molecular weight excluding hydrogens is 110 g/mol. The molecule has 0 aromatic heterocycles. The zero-order chi connectivity index (χ0) is 6.85. The van der Waals surface area contributed by atoms with Gasteiger partial charge in [0.1, 0.15) is 0 Å². The molecule has 1 aliphatic rings. The summed E-state index contributed by atoms with van der Waals surface area (Å²) in [4.78, 5) is 4.16. The summed E-state index contributed by atoms with van der Waals surface area (Å²) in [5.74, 6) is 0. The van der Waals surface area contributed by atoms with Crippen molar-refractivity contribution in [1.82, 2.24) is 0 Å². The molecule has 0 aliphatic carbocycles. The van der Waals surface area contributed by atoms with Crippen molar-refractivity contribution >= 4 is 6.21 Å². The Morgan fingerprint density at radius 3 is 2.78 bits per heavy atom. The zero-order valence-electron chi connectivity index (χ0n) is 5.89. The zero-order valence-corrected chi connectivity index (χ0v) is 5.89. The summed E-state index contributed by atoms with van der Waals surface area (Å²) in [6.07, 6.45) is 3.83. The molecule has 9 heavy (non-hydrogen) atoms. The van der Waals surface area contributed by atoms with E-state index in [4.69, 9.17) is 0 Å². The number of rotatable bonds is 0. The molecule has 0 radical (unpaired) electrons. The van der Waals surface area contributed by atoms with Crippen molar-refractivity contribution in [2.45, 2.75) is 19.9 Å². The van der Waals surface area contributed by atoms with Crippen LogP contribution >= 0.6 is 0 Å². The third-order valence-corrected chi connectivity index (χ3v) is 1.65. The van der Waals surface area contributed by atoms with Gasteiger partial charge in [0.15, 0.2) is 0 Å². The minimum Gasteiger partial charge on any atom is -0.285 e. The van der Waals surface area contributed by atoms with Crippen molar-refractivity contribution in [3.05, 3.63) is 23.8 Å². The van der Waals surface area contributed by atoms with Gasteiger partial charge in [-0.1, -0.05) is 6.58 Å². The number of hydrogen-bond acceptors (Lipinski definition) is 1. The average molecular weight is 121 g/mol. The third kappa shape index (κ3) is 1.10. The van der Waals surface area contributed by atoms with Gasteiger partial charge in [0.2, 0.25) is 0 Å². The predicted octanol–water partition coefficient (Wildman–Crippen LogP) is 1.96. The van der Waals surface area contributed by atoms with E-state index in [0.717, 1.165) is 5.57 Å². The highest BCUT2D eigenvalue weighted by Crippen LogP contribution is 2.16. The second kappa shape index (κ2) is 2.18. The lowest BCUT2D eigenvalue weighted by atomic mass is 10.0. The first-order valence-electron chi connectivity index (χ1n) is 3.11. The van der Waals surface area contributed by atoms with Gasteiger partial charge in [-0.2, -0.15) is 0 Å². The van der Waals surface area contributed by atoms with Crippen LogP contribution in [0, 0.1) is 0 Å². The van der Waals surface area contributed by atoms with Crippen LogP contribution in [-0.4, -0.2) is 12.3 Å². The first kappa shape index (κ1) is 6.27. The minimum absolute atomic E-state index is 0.287. The topological polar surface area (TPSA) is 12.4 Å². The van der Waals surface area contributed by atoms with Crippen molar-refractivity contribution in [1.29, 1.82) is 0 Å². The van der Waals surface area contributed by atoms with E-state index in [1.807, 2.05) is 12.3 Å². The van der Waals surface area contributed by atoms with Crippen molar-refractivity contribution in [3.8, 4) is 0 Å². The van der Waals surface area contributed by atoms with Gasteiger partial charge in [-0.05, 0) is 31.1 Å². The molecule has 0 amide bonds. The highest BCUT2D eigenvalue weighted by Gasteiger charge is 2.07. The van der Waals surface area contributed by atoms with E-state index in [1.54, 1.807) is 0 Å². The maximum atomic E-state index is 4.16. The summed E-state index contributed by atoms with van der Waals surface area (Å²) in [5, 5.41) is 0. The Balaban J connectivity index is 2.86. The lowest BCUT2D eigenvalue weighted by Crippen LogP contribution is -2.06. The molecule has 0 aromatic carbocycles. The second-order valence-electron chi connectivity index (χ2n) is 2.35. The van der Waals surface area contributed by atoms with Gasteiger partial charge in [0.25, 0.3) is 0 Å². The average Bonchev–Trinajstić information content (AvgIpc) is 1.83. The van der Waals surface area contributed by atoms with Crippen LogP contribution in [-0.2, 0) is 0 Å². The Hall–Kier alpha value is -0.850. The molecule has 1 atom stereocenters. The van der Waals surface area contributed by atoms with E-state index < -0.39 is 0 Å². The summed E-state index contributed by atoms with van der Waals surface area (Å²) in [5.41, 5.74) is 2.38. The van der Waals surface area contributed by atoms with Crippen molar-refractivity contribution in [2.24, 2.45) is 4.99 Å². The van der Waals surface area contributed by atoms with Crippen LogP contribution in [0.4, 0.5) is 0 Å². The quantitative estimate of drug-likeness (QED) is 0.464. The third-order valence-electron chi connectivity index (χ3n) is 1.65. The number of dihydropyridines is 1. The summed E-state index contributed by atoms with van der Waals surface area (Å²) in [7, 11) is 0. The second-order valence-corrected chi connectivity index (χ2v) is 2.35. The molecule has 0 spiro atoms. The maximum absolute atomic E-state index is 4.16. The molecule has 0 saturated heterocycles. The van der Waals surface area contributed by atoms with E-state index in [-0.39, 0.29) is 6.04 Å². The van der Waals surface area contributed by atoms with Crippen molar-refractivity contribution in [3.63, 3.8) is 0 Å². The van der Waals surface area contributed by atoms with Gasteiger partial charge in [-0.25, -0.2) is 0 Å². The van der Waals surface area contributed by atoms with Gasteiger partial charge < -0.3 is 0 Å². The molecule has 1 aliphatic heterocycles. The first-order chi connectivity index (χ1) is 4.22. The lowest BCUT2D eigenvalue weighted by Gasteiger charge is -2.13. The lowest BCUT2D eigenvalue weighted by molar-refractivity contribution is 0.871. The fourth-order valence-corrected chi connectivity index (χ4v) is 0.810. The van der Waals surface area contributed by atoms with E-state index >= 15 is 0 Å². The summed E-state index contributed by atoms with van der Waals surface area (Å²) in [6, 6.07) is 0.287. The predicted molar refractivity (Wildman–Crippen MR) is 40.9 cm³/mol. The highest BCUT2D eigenvalue weighted by atomic mass is 14.8. The van der Waals surface area contributed by atoms with Crippen LogP contribution in [0.2, 0.25) is 0 Å². The van der Waals surface area contributed by atoms with Crippen molar-refractivity contribution < 1.29 is 0 Å². The van der Waals surface area contributed by atoms with Crippen LogP contribution in [0.25, 0.3) is 0 Å². The van der Waals surface area contributed by atoms with Gasteiger partial charge >= 0.3 is 0 Å². The Kier molecular flexibility index (Phi) is 1.52. The monoisotopic (exact) mass is 121 g/mol. The normalized spacial score (nSPS) is 26.2. The summed E-state index contributed by atoms with van der Waals surface area (Å²) < 4.78 is 0. The molecule has 1 heterocycles. The van der Waals surface area contributed by atoms with Crippen LogP contribution in [0.3, 0.4) is 0 Å². The van der Waals surface area contributed by atoms with E-state index in [0.29, 0.717) is 0 Å². The largest absolute Gasteiger partial charge is 0.285 e. The van der Waals surface area contributed by atoms with Gasteiger partial charge in [0.05, 0.1) is 6.04 Å². The molecule has 0 N–H and O–H groups in total. The number of allylic oxidation sites excluding steroid dienone is 1. The first-order valence-corrected chi connectivity index (χ1v) is 3.11. The van der Waals surface area contributed by atoms with Crippen LogP contribution in [0.1, 0.15) is 13.8 Å². The summed E-state index contributed by atoms with van der Waals surface area (Å²) >= 11 is 0. The molecular formula is C8H11N. The van der Waals surface area contributed by atoms with E-state index in [1.165, 1.54) is 5.57 Å². The van der Waals surface area contributed by atoms with Gasteiger partial charge in [-0.15, -0.1) is 0 Å². The molecule has 0 fully saturated rings. The molecule has 1 unspecified atom stereocenters. The van der Waals surface area contributed by atoms with Gasteiger partial charge in [0, 0.05) is 6.21 Å². The molecule has 1 heteroatoms. The molecule has 48 valence electrons. The maximum Gasteiger partial charge on any atom is 0.0717 e. The number of hydrogen-bond donors (Lipinski definition) is 0. The molecule has 0 aromatic rings. The summed E-state index contributed by atoms with van der Waals surface area (Å²) in [6.45, 7) is 8.00. The van der Waals surface area contributed by atoms with E-state index in [2.05, 4.69) is 25.4 Å². The number of aliphatic imine (C=N–C) groups is 1. The standard InChI is InChI=1S/C8H11N/c1-6-4-5-9-8(3)7(6)2/h4-5,8H,2H2,1,3H3. The fourth-order valence-electron chi connectivity index (χ4n) is 0.810. The van der Waals surface area contributed by atoms with Crippen molar-refractivity contribution in [2.75, 3.05) is 0 Å². The Bertz CT molecular complexity index is 187. The Morgan fingerprint density at radius 1 is 1.67 bits per heavy atom. The number of nitrogens with zero attached hydrogens (tertiary/aromatic N) is 1. The van der Waals surface area contributed by atoms with Crippen LogP contribution in [0.15, 0.2) is 28.8 Å². The molecule has 0 bridgehead atoms. The van der Waals surface area contributed by atoms with E-state index in [9.17, 15) is 0 Å². The molecule has 1 nitrogen and oxygen atoms in total. The fraction of sp³-hybridized carbons (Fsp3) is 0.375. The SMILES string of the molecule is C=C1C(C)=CC=NC1C. The smallest absolute Gasteiger partial charge is 0.0717 e. The highest BCUT2D eigenvalue weighted by molar-refractivity contribution is 5.76. The molecule has 1 rings (SSSR count). The van der Waals surface area contributed by atoms with Gasteiger partial charge in [-0.3, -0.25) is 4.99 Å². The minimum atomic E-state index is 0.287. The van der Waals surface area contributed by atoms with Crippen LogP contribution < -0.4 is 0 Å². The molecule has 0 saturated carbocycles. The van der Waals surface area contributed by atoms with Crippen LogP contribution in [0.5, 0.6) is 0 Å². The Labute approximate surface area is 55.8 Å². The Morgan fingerprint density at radius 2 is 2.33 bits per heavy atom.